The summed E-state index contributed by atoms with van der Waals surface area (Å²) in [4.78, 5) is 15.6. The molecule has 1 atom stereocenters. The van der Waals surface area contributed by atoms with Gasteiger partial charge in [0.25, 0.3) is 0 Å². The molecule has 0 unspecified atom stereocenters. The van der Waals surface area contributed by atoms with Crippen LogP contribution in [0.25, 0.3) is 16.6 Å². The van der Waals surface area contributed by atoms with Gasteiger partial charge in [0.15, 0.2) is 11.6 Å². The number of pyridine rings is 1. The summed E-state index contributed by atoms with van der Waals surface area (Å²) in [5, 5.41) is 16.1. The van der Waals surface area contributed by atoms with Crippen molar-refractivity contribution in [2.75, 3.05) is 5.73 Å². The van der Waals surface area contributed by atoms with Crippen LogP contribution in [0.2, 0.25) is 0 Å². The molecule has 4 aromatic rings. The number of fused-ring (bicyclic) bond motifs is 1. The molecule has 0 fully saturated rings. The number of aromatic carboxylic acids is 1. The lowest BCUT2D eigenvalue weighted by Crippen LogP contribution is -2.23. The van der Waals surface area contributed by atoms with Gasteiger partial charge < -0.3 is 20.4 Å². The number of aromatic nitrogens is 3. The zero-order chi connectivity index (χ0) is 20.5. The number of carbonyl (C=O) groups is 1. The number of ether oxygens (including phenoxy) is 1. The molecule has 2 aromatic heterocycles. The first-order valence-corrected chi connectivity index (χ1v) is 8.80. The summed E-state index contributed by atoms with van der Waals surface area (Å²) in [6.45, 7) is 1.75. The minimum atomic E-state index is -1.30. The molecule has 0 bridgehead atoms. The Kier molecular flexibility index (Phi) is 4.59. The number of hydrogen-bond acceptors (Lipinski definition) is 6. The van der Waals surface area contributed by atoms with Crippen molar-refractivity contribution in [3.63, 3.8) is 0 Å². The maximum Gasteiger partial charge on any atom is 0.166 e. The van der Waals surface area contributed by atoms with Crippen LogP contribution < -0.4 is 15.6 Å². The van der Waals surface area contributed by atoms with E-state index in [4.69, 9.17) is 10.5 Å². The normalized spacial score (nSPS) is 12.1. The number of nitrogens with zero attached hydrogens (tertiary/aromatic N) is 3. The second-order valence-electron chi connectivity index (χ2n) is 6.48. The zero-order valence-corrected chi connectivity index (χ0v) is 15.4. The minimum absolute atomic E-state index is 0.0121. The highest BCUT2D eigenvalue weighted by Crippen LogP contribution is 2.32. The van der Waals surface area contributed by atoms with Crippen LogP contribution in [0, 0.1) is 5.82 Å². The lowest BCUT2D eigenvalue weighted by atomic mass is 10.0. The first kappa shape index (κ1) is 18.4. The largest absolute Gasteiger partial charge is 0.545 e. The number of carboxylic acid groups (broad SMARTS) is 1. The molecular formula is C21H16FN4O3-. The Morgan fingerprint density at radius 1 is 1.24 bits per heavy atom. The topological polar surface area (TPSA) is 106 Å². The molecule has 146 valence electrons. The zero-order valence-electron chi connectivity index (χ0n) is 15.4. The van der Waals surface area contributed by atoms with E-state index >= 15 is 0 Å². The van der Waals surface area contributed by atoms with Crippen LogP contribution in [0.5, 0.6) is 5.75 Å². The van der Waals surface area contributed by atoms with E-state index in [-0.39, 0.29) is 17.1 Å². The van der Waals surface area contributed by atoms with E-state index in [1.165, 1.54) is 30.3 Å². The van der Waals surface area contributed by atoms with E-state index in [0.717, 1.165) is 0 Å². The molecule has 29 heavy (non-hydrogen) atoms. The summed E-state index contributed by atoms with van der Waals surface area (Å²) in [5.41, 5.74) is 7.77. The number of benzene rings is 2. The van der Waals surface area contributed by atoms with Crippen LogP contribution in [-0.2, 0) is 0 Å². The van der Waals surface area contributed by atoms with Crippen LogP contribution in [-0.4, -0.2) is 20.7 Å². The fourth-order valence-corrected chi connectivity index (χ4v) is 3.12. The Morgan fingerprint density at radius 2 is 2.07 bits per heavy atom. The van der Waals surface area contributed by atoms with Crippen molar-refractivity contribution in [2.24, 2.45) is 0 Å². The average Bonchev–Trinajstić information content (AvgIpc) is 3.23. The van der Waals surface area contributed by atoms with Crippen molar-refractivity contribution in [1.82, 2.24) is 14.8 Å². The number of nitrogens with two attached hydrogens (primary N) is 1. The van der Waals surface area contributed by atoms with Crippen LogP contribution in [0.3, 0.4) is 0 Å². The Morgan fingerprint density at radius 3 is 2.79 bits per heavy atom. The van der Waals surface area contributed by atoms with E-state index in [1.54, 1.807) is 42.2 Å². The van der Waals surface area contributed by atoms with Crippen LogP contribution >= 0.6 is 0 Å². The Labute approximate surface area is 165 Å². The molecule has 2 N–H and O–H groups in total. The van der Waals surface area contributed by atoms with Gasteiger partial charge >= 0.3 is 0 Å². The molecular weight excluding hydrogens is 375 g/mol. The summed E-state index contributed by atoms with van der Waals surface area (Å²) in [7, 11) is 0. The number of halogens is 1. The second-order valence-corrected chi connectivity index (χ2v) is 6.48. The maximum absolute atomic E-state index is 13.6. The smallest absolute Gasteiger partial charge is 0.166 e. The number of rotatable bonds is 5. The number of anilines is 1. The molecule has 0 aliphatic rings. The monoisotopic (exact) mass is 391 g/mol. The van der Waals surface area contributed by atoms with Crippen molar-refractivity contribution in [1.29, 1.82) is 0 Å². The van der Waals surface area contributed by atoms with Crippen molar-refractivity contribution >= 4 is 22.7 Å². The minimum Gasteiger partial charge on any atom is -0.545 e. The van der Waals surface area contributed by atoms with Crippen LogP contribution in [0.1, 0.15) is 28.9 Å². The Balaban J connectivity index is 1.75. The van der Waals surface area contributed by atoms with Gasteiger partial charge in [0.05, 0.1) is 17.2 Å². The molecule has 0 amide bonds. The van der Waals surface area contributed by atoms with Gasteiger partial charge in [-0.05, 0) is 55.0 Å². The van der Waals surface area contributed by atoms with Crippen molar-refractivity contribution < 1.29 is 19.0 Å². The number of carbonyl (C=O) groups excluding carboxylic acids is 1. The van der Waals surface area contributed by atoms with E-state index in [2.05, 4.69) is 10.1 Å². The molecule has 0 aliphatic carbocycles. The summed E-state index contributed by atoms with van der Waals surface area (Å²) in [6.07, 6.45) is 2.74. The van der Waals surface area contributed by atoms with Crippen molar-refractivity contribution in [3.8, 4) is 11.4 Å². The third-order valence-electron chi connectivity index (χ3n) is 4.53. The van der Waals surface area contributed by atoms with Crippen LogP contribution in [0.15, 0.2) is 60.9 Å². The SMILES string of the molecule is C[C@H](Oc1cc2cc(F)ccc2nc1N)c1cc(C(=O)[O-])ccc1-n1cccn1. The van der Waals surface area contributed by atoms with Crippen LogP contribution in [0.4, 0.5) is 10.2 Å². The highest BCUT2D eigenvalue weighted by atomic mass is 19.1. The van der Waals surface area contributed by atoms with Gasteiger partial charge in [0.2, 0.25) is 0 Å². The van der Waals surface area contributed by atoms with Gasteiger partial charge in [-0.15, -0.1) is 0 Å². The predicted octanol–water partition coefficient (Wildman–Crippen LogP) is 2.65. The average molecular weight is 391 g/mol. The molecule has 0 spiro atoms. The van der Waals surface area contributed by atoms with E-state index < -0.39 is 17.9 Å². The number of hydrogen-bond donors (Lipinski definition) is 1. The first-order valence-electron chi connectivity index (χ1n) is 8.80. The lowest BCUT2D eigenvalue weighted by molar-refractivity contribution is -0.255. The third kappa shape index (κ3) is 3.60. The fraction of sp³-hybridized carbons (Fsp3) is 0.0952. The molecule has 7 nitrogen and oxygen atoms in total. The summed E-state index contributed by atoms with van der Waals surface area (Å²) < 4.78 is 21.1. The molecule has 0 saturated heterocycles. The van der Waals surface area contributed by atoms with Gasteiger partial charge in [0, 0.05) is 23.3 Å². The summed E-state index contributed by atoms with van der Waals surface area (Å²) in [5.74, 6) is -1.29. The van der Waals surface area contributed by atoms with Crippen molar-refractivity contribution in [3.05, 3.63) is 77.9 Å². The van der Waals surface area contributed by atoms with Crippen molar-refractivity contribution in [2.45, 2.75) is 13.0 Å². The second kappa shape index (κ2) is 7.23. The summed E-state index contributed by atoms with van der Waals surface area (Å²) >= 11 is 0. The maximum atomic E-state index is 13.6. The van der Waals surface area contributed by atoms with Gasteiger partial charge in [-0.2, -0.15) is 5.10 Å². The molecule has 0 aliphatic heterocycles. The van der Waals surface area contributed by atoms with Gasteiger partial charge in [0.1, 0.15) is 11.9 Å². The highest BCUT2D eigenvalue weighted by Gasteiger charge is 2.17. The van der Waals surface area contributed by atoms with Gasteiger partial charge in [-0.3, -0.25) is 0 Å². The number of carboxylic acids is 1. The molecule has 2 aromatic carbocycles. The Bertz CT molecular complexity index is 1210. The van der Waals surface area contributed by atoms with Gasteiger partial charge in [-0.1, -0.05) is 6.07 Å². The predicted molar refractivity (Wildman–Crippen MR) is 103 cm³/mol. The lowest BCUT2D eigenvalue weighted by Gasteiger charge is -2.20. The summed E-state index contributed by atoms with van der Waals surface area (Å²) in [6, 6.07) is 12.1. The first-order chi connectivity index (χ1) is 13.9. The number of nitrogen functional groups attached to an aromatic ring is 1. The standard InChI is InChI=1S/C21H17FN4O3/c1-12(29-19-11-14-9-15(22)4-5-17(14)25-20(19)23)16-10-13(21(27)28)3-6-18(16)26-8-2-7-24-26/h2-12H,1H3,(H2,23,25)(H,27,28)/p-1/t12-/m0/s1. The van der Waals surface area contributed by atoms with E-state index in [9.17, 15) is 14.3 Å². The quantitative estimate of drug-likeness (QED) is 0.561. The molecule has 2 heterocycles. The molecule has 0 saturated carbocycles. The van der Waals surface area contributed by atoms with Gasteiger partial charge in [-0.25, -0.2) is 14.1 Å². The third-order valence-corrected chi connectivity index (χ3v) is 4.53. The highest BCUT2D eigenvalue weighted by molar-refractivity contribution is 5.86. The molecule has 0 radical (unpaired) electrons. The Hall–Kier alpha value is -3.94. The van der Waals surface area contributed by atoms with E-state index in [0.29, 0.717) is 22.2 Å². The fourth-order valence-electron chi connectivity index (χ4n) is 3.12. The van der Waals surface area contributed by atoms with E-state index in [1.807, 2.05) is 0 Å². The molecule has 8 heteroatoms. The molecule has 4 rings (SSSR count).